The standard InChI is InChI=1S/C10H22O2.C3H8O3.H2O/c1-2-3-4-5-6-7-8-9-10(11)12;4-1-3(6)2-5;/h10-12H,2-9H2,1H3;3-6H,1-2H2;1H2. The highest BCUT2D eigenvalue weighted by Crippen LogP contribution is 2.08. The molecular weight excluding hydrogens is 252 g/mol. The summed E-state index contributed by atoms with van der Waals surface area (Å²) in [7, 11) is 0. The van der Waals surface area contributed by atoms with Gasteiger partial charge in [-0.15, -0.1) is 0 Å². The lowest BCUT2D eigenvalue weighted by Gasteiger charge is -2.02. The van der Waals surface area contributed by atoms with E-state index in [0.717, 1.165) is 12.8 Å². The van der Waals surface area contributed by atoms with E-state index in [9.17, 15) is 0 Å². The van der Waals surface area contributed by atoms with Gasteiger partial charge in [0.15, 0.2) is 6.29 Å². The Kier molecular flexibility index (Phi) is 25.2. The average molecular weight is 284 g/mol. The molecule has 120 valence electrons. The lowest BCUT2D eigenvalue weighted by atomic mass is 10.1. The Morgan fingerprint density at radius 2 is 1.16 bits per heavy atom. The summed E-state index contributed by atoms with van der Waals surface area (Å²) in [5.41, 5.74) is 0. The summed E-state index contributed by atoms with van der Waals surface area (Å²) in [5.74, 6) is 0. The lowest BCUT2D eigenvalue weighted by Crippen LogP contribution is -2.15. The second-order valence-electron chi connectivity index (χ2n) is 4.41. The zero-order chi connectivity index (χ0) is 14.2. The molecule has 0 aliphatic rings. The van der Waals surface area contributed by atoms with Crippen LogP contribution in [-0.2, 0) is 0 Å². The Morgan fingerprint density at radius 1 is 0.737 bits per heavy atom. The third kappa shape index (κ3) is 27.1. The van der Waals surface area contributed by atoms with Crippen LogP contribution in [-0.4, -0.2) is 56.6 Å². The Morgan fingerprint density at radius 3 is 1.47 bits per heavy atom. The molecule has 0 rings (SSSR count). The summed E-state index contributed by atoms with van der Waals surface area (Å²) in [6, 6.07) is 0. The molecule has 0 aromatic rings. The predicted molar refractivity (Wildman–Crippen MR) is 74.6 cm³/mol. The van der Waals surface area contributed by atoms with E-state index in [-0.39, 0.29) is 18.7 Å². The van der Waals surface area contributed by atoms with Gasteiger partial charge in [0.05, 0.1) is 13.2 Å². The Bertz CT molecular complexity index is 139. The zero-order valence-electron chi connectivity index (χ0n) is 12.0. The summed E-state index contributed by atoms with van der Waals surface area (Å²) in [6.45, 7) is 1.48. The molecule has 0 aliphatic carbocycles. The molecule has 0 fully saturated rings. The maximum Gasteiger partial charge on any atom is 0.151 e. The van der Waals surface area contributed by atoms with Gasteiger partial charge in [0.25, 0.3) is 0 Å². The van der Waals surface area contributed by atoms with Crippen molar-refractivity contribution in [3.05, 3.63) is 0 Å². The fourth-order valence-corrected chi connectivity index (χ4v) is 1.34. The van der Waals surface area contributed by atoms with Gasteiger partial charge in [-0.05, 0) is 12.8 Å². The summed E-state index contributed by atoms with van der Waals surface area (Å²) in [6.07, 6.45) is 7.07. The van der Waals surface area contributed by atoms with Crippen molar-refractivity contribution >= 4 is 0 Å². The first-order chi connectivity index (χ1) is 8.58. The maximum absolute atomic E-state index is 8.55. The maximum atomic E-state index is 8.55. The molecule has 0 unspecified atom stereocenters. The van der Waals surface area contributed by atoms with Gasteiger partial charge in [0.2, 0.25) is 0 Å². The molecule has 0 bridgehead atoms. The van der Waals surface area contributed by atoms with Crippen molar-refractivity contribution in [1.82, 2.24) is 0 Å². The number of rotatable bonds is 10. The van der Waals surface area contributed by atoms with E-state index in [2.05, 4.69) is 6.92 Å². The SMILES string of the molecule is CCCCCCCCCC(O)O.O.OCC(O)CO. The van der Waals surface area contributed by atoms with Crippen molar-refractivity contribution in [3.63, 3.8) is 0 Å². The van der Waals surface area contributed by atoms with E-state index in [1.54, 1.807) is 0 Å². The van der Waals surface area contributed by atoms with Crippen molar-refractivity contribution in [2.24, 2.45) is 0 Å². The molecule has 0 saturated heterocycles. The second-order valence-corrected chi connectivity index (χ2v) is 4.41. The van der Waals surface area contributed by atoms with Crippen molar-refractivity contribution in [2.45, 2.75) is 70.7 Å². The monoisotopic (exact) mass is 284 g/mol. The van der Waals surface area contributed by atoms with Gasteiger partial charge in [-0.2, -0.15) is 0 Å². The van der Waals surface area contributed by atoms with Gasteiger partial charge < -0.3 is 31.0 Å². The first kappa shape index (κ1) is 23.8. The van der Waals surface area contributed by atoms with E-state index >= 15 is 0 Å². The number of aliphatic hydroxyl groups is 5. The van der Waals surface area contributed by atoms with E-state index in [0.29, 0.717) is 6.42 Å². The van der Waals surface area contributed by atoms with Gasteiger partial charge in [-0.25, -0.2) is 0 Å². The zero-order valence-corrected chi connectivity index (χ0v) is 12.0. The largest absolute Gasteiger partial charge is 0.412 e. The van der Waals surface area contributed by atoms with Crippen LogP contribution in [0.25, 0.3) is 0 Å². The summed E-state index contributed by atoms with van der Waals surface area (Å²) in [5, 5.41) is 41.1. The molecule has 0 aromatic carbocycles. The van der Waals surface area contributed by atoms with Crippen LogP contribution in [0.5, 0.6) is 0 Å². The molecule has 0 amide bonds. The topological polar surface area (TPSA) is 133 Å². The molecule has 0 heterocycles. The van der Waals surface area contributed by atoms with Gasteiger partial charge in [0.1, 0.15) is 6.10 Å². The molecule has 0 aromatic heterocycles. The lowest BCUT2D eigenvalue weighted by molar-refractivity contribution is -0.0466. The highest BCUT2D eigenvalue weighted by Gasteiger charge is 1.96. The average Bonchev–Trinajstić information content (AvgIpc) is 2.37. The molecule has 0 saturated carbocycles. The van der Waals surface area contributed by atoms with Gasteiger partial charge >= 0.3 is 0 Å². The van der Waals surface area contributed by atoms with Crippen LogP contribution in [0.15, 0.2) is 0 Å². The molecule has 7 N–H and O–H groups in total. The normalized spacial score (nSPS) is 10.1. The minimum absolute atomic E-state index is 0. The molecule has 6 heteroatoms. The Hall–Kier alpha value is -0.240. The third-order valence-electron chi connectivity index (χ3n) is 2.49. The van der Waals surface area contributed by atoms with Crippen LogP contribution in [0.3, 0.4) is 0 Å². The van der Waals surface area contributed by atoms with Crippen LogP contribution in [0.1, 0.15) is 58.3 Å². The number of unbranched alkanes of at least 4 members (excludes halogenated alkanes) is 6. The molecule has 19 heavy (non-hydrogen) atoms. The molecule has 0 radical (unpaired) electrons. The number of hydrogen-bond acceptors (Lipinski definition) is 5. The van der Waals surface area contributed by atoms with E-state index < -0.39 is 12.4 Å². The Balaban J connectivity index is -0.000000313. The van der Waals surface area contributed by atoms with Gasteiger partial charge in [-0.3, -0.25) is 0 Å². The smallest absolute Gasteiger partial charge is 0.151 e. The molecule has 0 spiro atoms. The van der Waals surface area contributed by atoms with Gasteiger partial charge in [-0.1, -0.05) is 45.4 Å². The minimum Gasteiger partial charge on any atom is -0.412 e. The summed E-state index contributed by atoms with van der Waals surface area (Å²) in [4.78, 5) is 0. The van der Waals surface area contributed by atoms with Crippen LogP contribution in [0.2, 0.25) is 0 Å². The van der Waals surface area contributed by atoms with Crippen molar-refractivity contribution < 1.29 is 31.0 Å². The van der Waals surface area contributed by atoms with Crippen LogP contribution in [0.4, 0.5) is 0 Å². The molecule has 0 atom stereocenters. The van der Waals surface area contributed by atoms with Crippen LogP contribution < -0.4 is 0 Å². The van der Waals surface area contributed by atoms with E-state index in [1.165, 1.54) is 32.1 Å². The van der Waals surface area contributed by atoms with Crippen molar-refractivity contribution in [1.29, 1.82) is 0 Å². The predicted octanol–water partition coefficient (Wildman–Crippen LogP) is -0.0550. The third-order valence-corrected chi connectivity index (χ3v) is 2.49. The first-order valence-corrected chi connectivity index (χ1v) is 6.84. The first-order valence-electron chi connectivity index (χ1n) is 6.84. The molecular formula is C13H32O6. The highest BCUT2D eigenvalue weighted by molar-refractivity contribution is 4.46. The van der Waals surface area contributed by atoms with Crippen molar-refractivity contribution in [3.8, 4) is 0 Å². The van der Waals surface area contributed by atoms with Crippen molar-refractivity contribution in [2.75, 3.05) is 13.2 Å². The van der Waals surface area contributed by atoms with E-state index in [4.69, 9.17) is 25.5 Å². The summed E-state index contributed by atoms with van der Waals surface area (Å²) >= 11 is 0. The van der Waals surface area contributed by atoms with Crippen LogP contribution >= 0.6 is 0 Å². The fraction of sp³-hybridized carbons (Fsp3) is 1.00. The second kappa shape index (κ2) is 20.1. The molecule has 6 nitrogen and oxygen atoms in total. The minimum atomic E-state index is -1.10. The van der Waals surface area contributed by atoms with E-state index in [1.807, 2.05) is 0 Å². The van der Waals surface area contributed by atoms with Crippen LogP contribution in [0, 0.1) is 0 Å². The Labute approximate surface area is 116 Å². The molecule has 0 aliphatic heterocycles. The number of aliphatic hydroxyl groups excluding tert-OH is 4. The fourth-order valence-electron chi connectivity index (χ4n) is 1.34. The van der Waals surface area contributed by atoms with Gasteiger partial charge in [0, 0.05) is 0 Å². The summed E-state index contributed by atoms with van der Waals surface area (Å²) < 4.78 is 0. The number of hydrogen-bond donors (Lipinski definition) is 5. The quantitative estimate of drug-likeness (QED) is 0.283. The highest BCUT2D eigenvalue weighted by atomic mass is 16.5.